The number of hydrogen-bond donors (Lipinski definition) is 0. The number of rotatable bonds is 4. The van der Waals surface area contributed by atoms with Crippen molar-refractivity contribution >= 4 is 27.0 Å². The quantitative estimate of drug-likeness (QED) is 0.569. The molecule has 0 saturated carbocycles. The SMILES string of the molecule is C[C@H]1C[C@H](C)CN(S(=O)(=O)c2ccc3c(c2)oc(=O)n3CC(=O)N2CCc3ccccc3C2)C1. The van der Waals surface area contributed by atoms with E-state index >= 15 is 0 Å². The molecule has 34 heavy (non-hydrogen) atoms. The largest absolute Gasteiger partial charge is 0.420 e. The average Bonchev–Trinajstić information content (AvgIpc) is 3.12. The van der Waals surface area contributed by atoms with Gasteiger partial charge in [0.05, 0.1) is 10.4 Å². The number of nitrogens with zero attached hydrogens (tertiary/aromatic N) is 3. The second kappa shape index (κ2) is 8.70. The first kappa shape index (κ1) is 22.9. The predicted molar refractivity (Wildman–Crippen MR) is 128 cm³/mol. The molecular weight excluding hydrogens is 454 g/mol. The van der Waals surface area contributed by atoms with Crippen LogP contribution in [0.2, 0.25) is 0 Å². The van der Waals surface area contributed by atoms with Crippen LogP contribution in [0.4, 0.5) is 0 Å². The first-order valence-electron chi connectivity index (χ1n) is 11.7. The normalized spacial score (nSPS) is 21.5. The van der Waals surface area contributed by atoms with E-state index in [1.807, 2.05) is 18.2 Å². The lowest BCUT2D eigenvalue weighted by Crippen LogP contribution is -2.42. The highest BCUT2D eigenvalue weighted by Crippen LogP contribution is 2.28. The smallest absolute Gasteiger partial charge is 0.408 e. The van der Waals surface area contributed by atoms with Gasteiger partial charge in [0.2, 0.25) is 15.9 Å². The zero-order valence-corrected chi connectivity index (χ0v) is 20.3. The van der Waals surface area contributed by atoms with Crippen molar-refractivity contribution in [3.8, 4) is 0 Å². The molecule has 0 bridgehead atoms. The molecule has 3 heterocycles. The van der Waals surface area contributed by atoms with Crippen molar-refractivity contribution < 1.29 is 17.6 Å². The van der Waals surface area contributed by atoms with Crippen LogP contribution in [0.5, 0.6) is 0 Å². The first-order valence-corrected chi connectivity index (χ1v) is 13.1. The molecule has 2 atom stereocenters. The molecule has 0 spiro atoms. The fraction of sp³-hybridized carbons (Fsp3) is 0.440. The van der Waals surface area contributed by atoms with E-state index in [9.17, 15) is 18.0 Å². The molecular formula is C25H29N3O5S. The van der Waals surface area contributed by atoms with Gasteiger partial charge in [-0.3, -0.25) is 9.36 Å². The van der Waals surface area contributed by atoms with Gasteiger partial charge in [-0.2, -0.15) is 4.31 Å². The molecule has 8 nitrogen and oxygen atoms in total. The average molecular weight is 484 g/mol. The molecule has 5 rings (SSSR count). The number of oxazole rings is 1. The summed E-state index contributed by atoms with van der Waals surface area (Å²) in [5, 5.41) is 0. The lowest BCUT2D eigenvalue weighted by Gasteiger charge is -2.34. The van der Waals surface area contributed by atoms with Crippen molar-refractivity contribution in [2.75, 3.05) is 19.6 Å². The molecule has 9 heteroatoms. The third-order valence-corrected chi connectivity index (χ3v) is 8.72. The lowest BCUT2D eigenvalue weighted by molar-refractivity contribution is -0.132. The molecule has 180 valence electrons. The maximum Gasteiger partial charge on any atom is 0.420 e. The van der Waals surface area contributed by atoms with Crippen LogP contribution in [0.15, 0.2) is 56.6 Å². The molecule has 2 aromatic carbocycles. The van der Waals surface area contributed by atoms with Crippen molar-refractivity contribution in [1.29, 1.82) is 0 Å². The third kappa shape index (κ3) is 4.18. The van der Waals surface area contributed by atoms with Crippen molar-refractivity contribution in [2.45, 2.75) is 44.7 Å². The number of hydrogen-bond acceptors (Lipinski definition) is 5. The summed E-state index contributed by atoms with van der Waals surface area (Å²) in [5.41, 5.74) is 2.93. The maximum absolute atomic E-state index is 13.2. The zero-order chi connectivity index (χ0) is 24.0. The van der Waals surface area contributed by atoms with E-state index in [1.165, 1.54) is 26.6 Å². The Kier molecular flexibility index (Phi) is 5.85. The van der Waals surface area contributed by atoms with Crippen LogP contribution < -0.4 is 5.76 Å². The molecule has 0 N–H and O–H groups in total. The van der Waals surface area contributed by atoms with E-state index in [0.717, 1.165) is 18.4 Å². The number of sulfonamides is 1. The van der Waals surface area contributed by atoms with Gasteiger partial charge in [0.1, 0.15) is 6.54 Å². The number of aromatic nitrogens is 1. The van der Waals surface area contributed by atoms with E-state index in [4.69, 9.17) is 4.42 Å². The minimum Gasteiger partial charge on any atom is -0.408 e. The van der Waals surface area contributed by atoms with Gasteiger partial charge in [-0.25, -0.2) is 13.2 Å². The Labute approximate surface area is 198 Å². The Morgan fingerprint density at radius 2 is 1.76 bits per heavy atom. The molecule has 3 aromatic rings. The topological polar surface area (TPSA) is 92.8 Å². The summed E-state index contributed by atoms with van der Waals surface area (Å²) in [6, 6.07) is 12.5. The number of carbonyl (C=O) groups excluding carboxylic acids is 1. The summed E-state index contributed by atoms with van der Waals surface area (Å²) >= 11 is 0. The summed E-state index contributed by atoms with van der Waals surface area (Å²) < 4.78 is 34.6. The number of benzene rings is 2. The van der Waals surface area contributed by atoms with Crippen LogP contribution >= 0.6 is 0 Å². The van der Waals surface area contributed by atoms with Gasteiger partial charge < -0.3 is 9.32 Å². The second-order valence-electron chi connectivity index (χ2n) is 9.69. The Bertz CT molecular complexity index is 1400. The van der Waals surface area contributed by atoms with Crippen LogP contribution in [-0.4, -0.2) is 47.7 Å². The van der Waals surface area contributed by atoms with Gasteiger partial charge in [0.25, 0.3) is 0 Å². The first-order chi connectivity index (χ1) is 16.2. The van der Waals surface area contributed by atoms with Crippen molar-refractivity contribution in [1.82, 2.24) is 13.8 Å². The van der Waals surface area contributed by atoms with Crippen molar-refractivity contribution in [3.05, 3.63) is 64.1 Å². The number of carbonyl (C=O) groups is 1. The minimum atomic E-state index is -3.70. The minimum absolute atomic E-state index is 0.0983. The van der Waals surface area contributed by atoms with Gasteiger partial charge >= 0.3 is 5.76 Å². The van der Waals surface area contributed by atoms with Crippen molar-refractivity contribution in [2.24, 2.45) is 11.8 Å². The van der Waals surface area contributed by atoms with E-state index in [-0.39, 0.29) is 34.8 Å². The Morgan fingerprint density at radius 1 is 1.06 bits per heavy atom. The van der Waals surface area contributed by atoms with Crippen LogP contribution in [0, 0.1) is 11.8 Å². The van der Waals surface area contributed by atoms with Crippen LogP contribution in [0.1, 0.15) is 31.4 Å². The summed E-state index contributed by atoms with van der Waals surface area (Å²) in [7, 11) is -3.70. The Hall–Kier alpha value is -2.91. The third-order valence-electron chi connectivity index (χ3n) is 6.89. The molecule has 2 aliphatic heterocycles. The number of amides is 1. The highest BCUT2D eigenvalue weighted by Gasteiger charge is 2.32. The van der Waals surface area contributed by atoms with E-state index in [2.05, 4.69) is 19.9 Å². The Morgan fingerprint density at radius 3 is 2.50 bits per heavy atom. The fourth-order valence-electron chi connectivity index (χ4n) is 5.25. The van der Waals surface area contributed by atoms with Gasteiger partial charge in [0, 0.05) is 32.2 Å². The Balaban J connectivity index is 1.39. The molecule has 1 amide bonds. The lowest BCUT2D eigenvalue weighted by atomic mass is 9.94. The van der Waals surface area contributed by atoms with Crippen LogP contribution in [0.3, 0.4) is 0 Å². The molecule has 0 aliphatic carbocycles. The predicted octanol–water partition coefficient (Wildman–Crippen LogP) is 2.85. The monoisotopic (exact) mass is 483 g/mol. The molecule has 1 fully saturated rings. The summed E-state index contributed by atoms with van der Waals surface area (Å²) in [4.78, 5) is 27.4. The van der Waals surface area contributed by atoms with Crippen molar-refractivity contribution in [3.63, 3.8) is 0 Å². The van der Waals surface area contributed by atoms with Crippen LogP contribution in [-0.2, 0) is 34.3 Å². The molecule has 0 unspecified atom stereocenters. The van der Waals surface area contributed by atoms with E-state index in [1.54, 1.807) is 11.0 Å². The number of piperidine rings is 1. The van der Waals surface area contributed by atoms with Crippen LogP contribution in [0.25, 0.3) is 11.1 Å². The molecule has 0 radical (unpaired) electrons. The summed E-state index contributed by atoms with van der Waals surface area (Å²) in [6.45, 7) is 6.01. The standard InChI is InChI=1S/C25H29N3O5S/c1-17-11-18(2)14-27(13-17)34(31,32)21-7-8-22-23(12-21)33-25(30)28(22)16-24(29)26-10-9-19-5-3-4-6-20(19)15-26/h3-8,12,17-18H,9-11,13-16H2,1-2H3/t17-,18-/m0/s1. The summed E-state index contributed by atoms with van der Waals surface area (Å²) in [6.07, 6.45) is 1.78. The van der Waals surface area contributed by atoms with E-state index in [0.29, 0.717) is 31.7 Å². The zero-order valence-electron chi connectivity index (χ0n) is 19.4. The van der Waals surface area contributed by atoms with Gasteiger partial charge in [0.15, 0.2) is 5.58 Å². The maximum atomic E-state index is 13.2. The molecule has 2 aliphatic rings. The summed E-state index contributed by atoms with van der Waals surface area (Å²) in [5.74, 6) is -0.272. The highest BCUT2D eigenvalue weighted by molar-refractivity contribution is 7.89. The van der Waals surface area contributed by atoms with E-state index < -0.39 is 15.8 Å². The molecule has 1 aromatic heterocycles. The molecule has 1 saturated heterocycles. The second-order valence-corrected chi connectivity index (χ2v) is 11.6. The van der Waals surface area contributed by atoms with Gasteiger partial charge in [-0.1, -0.05) is 38.1 Å². The highest BCUT2D eigenvalue weighted by atomic mass is 32.2. The van der Waals surface area contributed by atoms with Gasteiger partial charge in [-0.15, -0.1) is 0 Å². The van der Waals surface area contributed by atoms with Gasteiger partial charge in [-0.05, 0) is 47.9 Å². The fourth-order valence-corrected chi connectivity index (χ4v) is 6.95. The number of fused-ring (bicyclic) bond motifs is 2.